The van der Waals surface area contributed by atoms with Crippen LogP contribution in [0.2, 0.25) is 0 Å². The van der Waals surface area contributed by atoms with Gasteiger partial charge in [0, 0.05) is 12.1 Å². The number of nitrogens with two attached hydrogens (primary N) is 1. The van der Waals surface area contributed by atoms with E-state index in [0.717, 1.165) is 0 Å². The maximum absolute atomic E-state index is 13.1. The maximum Gasteiger partial charge on any atom is 0.306 e. The van der Waals surface area contributed by atoms with Crippen LogP contribution >= 0.6 is 0 Å². The molecule has 1 atom stereocenters. The number of methoxy groups -OCH3 is 1. The summed E-state index contributed by atoms with van der Waals surface area (Å²) in [7, 11) is -1.92. The molecule has 0 aliphatic carbocycles. The standard InChI is InChI=1S/C21H25N2O4S/c1-3-28(24,25)23(15-7-6-8-18(23)16-22)17-11-13-19(14-12-17)27-21-10-5-4-9-20(21)26-2/h4-14H,3,15-16,22H2,1-2H3/q+1. The monoisotopic (exact) mass is 401 g/mol. The number of rotatable bonds is 7. The molecule has 0 amide bonds. The molecule has 0 spiro atoms. The Kier molecular flexibility index (Phi) is 5.88. The minimum atomic E-state index is -3.50. The number of hydrogen-bond acceptors (Lipinski definition) is 5. The predicted molar refractivity (Wildman–Crippen MR) is 112 cm³/mol. The Bertz CT molecular complexity index is 997. The van der Waals surface area contributed by atoms with E-state index in [-0.39, 0.29) is 16.2 Å². The molecule has 28 heavy (non-hydrogen) atoms. The minimum Gasteiger partial charge on any atom is -0.493 e. The summed E-state index contributed by atoms with van der Waals surface area (Å²) in [5.74, 6) is 1.81. The molecule has 2 aromatic carbocycles. The summed E-state index contributed by atoms with van der Waals surface area (Å²) < 4.78 is 37.1. The lowest BCUT2D eigenvalue weighted by Crippen LogP contribution is -2.56. The van der Waals surface area contributed by atoms with Gasteiger partial charge in [-0.1, -0.05) is 18.2 Å². The van der Waals surface area contributed by atoms with Gasteiger partial charge in [0.15, 0.2) is 17.2 Å². The molecule has 3 rings (SSSR count). The van der Waals surface area contributed by atoms with E-state index in [1.165, 1.54) is 0 Å². The van der Waals surface area contributed by atoms with Gasteiger partial charge in [0.25, 0.3) is 0 Å². The number of ether oxygens (including phenoxy) is 2. The van der Waals surface area contributed by atoms with Crippen LogP contribution in [0, 0.1) is 0 Å². The van der Waals surface area contributed by atoms with Crippen molar-refractivity contribution in [2.45, 2.75) is 6.92 Å². The summed E-state index contributed by atoms with van der Waals surface area (Å²) in [6.07, 6.45) is 5.49. The molecule has 1 heterocycles. The summed E-state index contributed by atoms with van der Waals surface area (Å²) in [6.45, 7) is 2.12. The Morgan fingerprint density at radius 2 is 1.75 bits per heavy atom. The van der Waals surface area contributed by atoms with Crippen molar-refractivity contribution >= 4 is 15.7 Å². The SMILES string of the molecule is CCS(=O)(=O)[N+]1(c2ccc(Oc3ccccc3OC)cc2)CC=CC=C1CN. The number of benzene rings is 2. The van der Waals surface area contributed by atoms with E-state index < -0.39 is 10.0 Å². The summed E-state index contributed by atoms with van der Waals surface area (Å²) in [5, 5.41) is 0. The normalized spacial score (nSPS) is 19.2. The first-order valence-corrected chi connectivity index (χ1v) is 10.7. The van der Waals surface area contributed by atoms with Gasteiger partial charge in [0.05, 0.1) is 19.4 Å². The third-order valence-corrected chi connectivity index (χ3v) is 7.12. The second-order valence-corrected chi connectivity index (χ2v) is 8.69. The van der Waals surface area contributed by atoms with E-state index in [4.69, 9.17) is 15.2 Å². The Balaban J connectivity index is 2.00. The fourth-order valence-electron chi connectivity index (χ4n) is 3.37. The van der Waals surface area contributed by atoms with Gasteiger partial charge in [0.2, 0.25) is 0 Å². The van der Waals surface area contributed by atoms with E-state index in [1.54, 1.807) is 44.4 Å². The molecule has 2 N–H and O–H groups in total. The van der Waals surface area contributed by atoms with E-state index in [0.29, 0.717) is 35.2 Å². The molecule has 0 fully saturated rings. The smallest absolute Gasteiger partial charge is 0.306 e. The lowest BCUT2D eigenvalue weighted by atomic mass is 10.2. The zero-order valence-electron chi connectivity index (χ0n) is 16.0. The Morgan fingerprint density at radius 1 is 1.07 bits per heavy atom. The zero-order valence-corrected chi connectivity index (χ0v) is 16.9. The number of sulfonamides is 1. The topological polar surface area (TPSA) is 78.6 Å². The van der Waals surface area contributed by atoms with Gasteiger partial charge >= 0.3 is 10.0 Å². The van der Waals surface area contributed by atoms with Crippen LogP contribution in [0.5, 0.6) is 17.2 Å². The molecule has 0 aromatic heterocycles. The molecular formula is C21H25N2O4S+. The molecule has 7 heteroatoms. The maximum atomic E-state index is 13.1. The lowest BCUT2D eigenvalue weighted by molar-refractivity contribution is 0.379. The highest BCUT2D eigenvalue weighted by molar-refractivity contribution is 7.91. The molecule has 6 nitrogen and oxygen atoms in total. The van der Waals surface area contributed by atoms with Crippen LogP contribution < -0.4 is 19.1 Å². The van der Waals surface area contributed by atoms with Crippen LogP contribution in [0.1, 0.15) is 6.92 Å². The second-order valence-electron chi connectivity index (χ2n) is 6.33. The van der Waals surface area contributed by atoms with Crippen LogP contribution in [-0.4, -0.2) is 34.4 Å². The molecule has 1 aliphatic heterocycles. The van der Waals surface area contributed by atoms with Gasteiger partial charge in [-0.3, -0.25) is 0 Å². The lowest BCUT2D eigenvalue weighted by Gasteiger charge is -2.37. The van der Waals surface area contributed by atoms with Crippen molar-refractivity contribution in [2.75, 3.05) is 26.0 Å². The minimum absolute atomic E-state index is 0.0116. The van der Waals surface area contributed by atoms with E-state index >= 15 is 0 Å². The fraction of sp³-hybridized carbons (Fsp3) is 0.238. The second kappa shape index (κ2) is 8.18. The largest absolute Gasteiger partial charge is 0.493 e. The predicted octanol–water partition coefficient (Wildman–Crippen LogP) is 3.56. The Hall–Kier alpha value is -2.61. The highest BCUT2D eigenvalue weighted by atomic mass is 32.2. The summed E-state index contributed by atoms with van der Waals surface area (Å²) >= 11 is 0. The van der Waals surface area contributed by atoms with E-state index in [2.05, 4.69) is 0 Å². The summed E-state index contributed by atoms with van der Waals surface area (Å²) in [6, 6.07) is 14.4. The highest BCUT2D eigenvalue weighted by Crippen LogP contribution is 2.38. The summed E-state index contributed by atoms with van der Waals surface area (Å²) in [4.78, 5) is 0. The number of hydrogen-bond donors (Lipinski definition) is 1. The van der Waals surface area contributed by atoms with E-state index in [9.17, 15) is 8.42 Å². The van der Waals surface area contributed by atoms with Crippen molar-refractivity contribution in [1.82, 2.24) is 3.89 Å². The Morgan fingerprint density at radius 3 is 2.36 bits per heavy atom. The van der Waals surface area contributed by atoms with Gasteiger partial charge < -0.3 is 15.2 Å². The van der Waals surface area contributed by atoms with Crippen molar-refractivity contribution in [3.63, 3.8) is 0 Å². The quantitative estimate of drug-likeness (QED) is 0.718. The Labute approximate surface area is 166 Å². The molecule has 0 saturated heterocycles. The van der Waals surface area contributed by atoms with Crippen molar-refractivity contribution in [3.05, 3.63) is 72.5 Å². The van der Waals surface area contributed by atoms with Gasteiger partial charge in [-0.15, -0.1) is 0 Å². The third-order valence-electron chi connectivity index (χ3n) is 4.85. The number of allylic oxidation sites excluding steroid dienone is 2. The average molecular weight is 402 g/mol. The average Bonchev–Trinajstić information content (AvgIpc) is 2.74. The van der Waals surface area contributed by atoms with Crippen molar-refractivity contribution in [3.8, 4) is 17.2 Å². The van der Waals surface area contributed by atoms with E-state index in [1.807, 2.05) is 36.4 Å². The third kappa shape index (κ3) is 3.44. The van der Waals surface area contributed by atoms with Crippen molar-refractivity contribution in [1.29, 1.82) is 0 Å². The number of quaternary nitrogens is 1. The van der Waals surface area contributed by atoms with Gasteiger partial charge in [-0.2, -0.15) is 12.3 Å². The zero-order chi connectivity index (χ0) is 20.2. The first-order valence-electron chi connectivity index (χ1n) is 9.07. The molecule has 1 aliphatic rings. The molecular weight excluding hydrogens is 376 g/mol. The molecule has 2 aromatic rings. The van der Waals surface area contributed by atoms with Crippen LogP contribution in [0.25, 0.3) is 0 Å². The van der Waals surface area contributed by atoms with Crippen LogP contribution in [0.4, 0.5) is 5.69 Å². The molecule has 0 radical (unpaired) electrons. The van der Waals surface area contributed by atoms with Crippen molar-refractivity contribution < 1.29 is 17.9 Å². The number of para-hydroxylation sites is 2. The molecule has 0 saturated carbocycles. The van der Waals surface area contributed by atoms with Gasteiger partial charge in [-0.25, -0.2) is 0 Å². The highest BCUT2D eigenvalue weighted by Gasteiger charge is 2.46. The summed E-state index contributed by atoms with van der Waals surface area (Å²) in [5.41, 5.74) is 7.19. The molecule has 148 valence electrons. The van der Waals surface area contributed by atoms with Crippen LogP contribution in [-0.2, 0) is 10.0 Å². The van der Waals surface area contributed by atoms with Crippen LogP contribution in [0.3, 0.4) is 0 Å². The number of nitrogens with zero attached hydrogens (tertiary/aromatic N) is 1. The molecule has 1 unspecified atom stereocenters. The first kappa shape index (κ1) is 20.1. The van der Waals surface area contributed by atoms with Gasteiger partial charge in [0.1, 0.15) is 18.0 Å². The molecule has 0 bridgehead atoms. The van der Waals surface area contributed by atoms with Gasteiger partial charge in [-0.05, 0) is 43.3 Å². The fourth-order valence-corrected chi connectivity index (χ4v) is 5.06. The first-order chi connectivity index (χ1) is 13.5. The van der Waals surface area contributed by atoms with Crippen molar-refractivity contribution in [2.24, 2.45) is 5.73 Å². The van der Waals surface area contributed by atoms with Crippen LogP contribution in [0.15, 0.2) is 72.5 Å².